The van der Waals surface area contributed by atoms with Crippen LogP contribution in [0.15, 0.2) is 60.9 Å². The summed E-state index contributed by atoms with van der Waals surface area (Å²) in [4.78, 5) is 24.3. The molecular weight excluding hydrogens is 374 g/mol. The summed E-state index contributed by atoms with van der Waals surface area (Å²) >= 11 is 6.00. The van der Waals surface area contributed by atoms with Gasteiger partial charge in [0.1, 0.15) is 5.69 Å². The van der Waals surface area contributed by atoms with Crippen molar-refractivity contribution in [3.05, 3.63) is 77.3 Å². The predicted octanol–water partition coefficient (Wildman–Crippen LogP) is 4.58. The minimum atomic E-state index is -0.0883. The number of nitrogens with one attached hydrogen (secondary N) is 2. The Morgan fingerprint density at radius 3 is 2.71 bits per heavy atom. The molecule has 6 nitrogen and oxygen atoms in total. The van der Waals surface area contributed by atoms with E-state index >= 15 is 0 Å². The van der Waals surface area contributed by atoms with E-state index < -0.39 is 0 Å². The Bertz CT molecular complexity index is 1320. The van der Waals surface area contributed by atoms with E-state index in [1.165, 1.54) is 0 Å². The summed E-state index contributed by atoms with van der Waals surface area (Å²) in [6, 6.07) is 15.0. The third-order valence-corrected chi connectivity index (χ3v) is 4.87. The number of carbonyl (C=O) groups excluding carboxylic acids is 1. The fraction of sp³-hybridized carbons (Fsp3) is 0.0476. The first kappa shape index (κ1) is 16.6. The maximum atomic E-state index is 12.7. The van der Waals surface area contributed by atoms with Crippen LogP contribution in [0.5, 0.6) is 0 Å². The molecule has 0 spiro atoms. The first-order valence-electron chi connectivity index (χ1n) is 8.73. The molecule has 0 saturated heterocycles. The van der Waals surface area contributed by atoms with E-state index in [1.807, 2.05) is 36.4 Å². The van der Waals surface area contributed by atoms with E-state index in [-0.39, 0.29) is 12.2 Å². The van der Waals surface area contributed by atoms with Crippen molar-refractivity contribution in [2.75, 3.05) is 0 Å². The summed E-state index contributed by atoms with van der Waals surface area (Å²) in [6.45, 7) is 0. The van der Waals surface area contributed by atoms with Gasteiger partial charge in [-0.1, -0.05) is 23.7 Å². The second-order valence-electron chi connectivity index (χ2n) is 6.54. The molecule has 2 aromatic carbocycles. The van der Waals surface area contributed by atoms with Gasteiger partial charge >= 0.3 is 0 Å². The Labute approximate surface area is 164 Å². The fourth-order valence-electron chi connectivity index (χ4n) is 3.30. The number of halogens is 1. The van der Waals surface area contributed by atoms with Crippen LogP contribution >= 0.6 is 11.6 Å². The van der Waals surface area contributed by atoms with Crippen molar-refractivity contribution in [1.29, 1.82) is 0 Å². The zero-order valence-corrected chi connectivity index (χ0v) is 15.4. The lowest BCUT2D eigenvalue weighted by Gasteiger charge is -1.99. The molecule has 3 heterocycles. The molecule has 5 aromatic rings. The van der Waals surface area contributed by atoms with Crippen molar-refractivity contribution in [3.8, 4) is 11.3 Å². The Morgan fingerprint density at radius 1 is 1.04 bits per heavy atom. The van der Waals surface area contributed by atoms with E-state index in [1.54, 1.807) is 24.5 Å². The average molecular weight is 388 g/mol. The van der Waals surface area contributed by atoms with Crippen molar-refractivity contribution in [2.24, 2.45) is 0 Å². The van der Waals surface area contributed by atoms with Crippen LogP contribution in [0, 0.1) is 0 Å². The summed E-state index contributed by atoms with van der Waals surface area (Å²) < 4.78 is 0. The van der Waals surface area contributed by atoms with Crippen LogP contribution < -0.4 is 0 Å². The second kappa shape index (κ2) is 6.58. The zero-order chi connectivity index (χ0) is 19.1. The van der Waals surface area contributed by atoms with Gasteiger partial charge in [-0.15, -0.1) is 0 Å². The standard InChI is InChI=1S/C21H14ClN5O/c22-14-3-1-2-12(8-14)9-19(28)21-24-17-10-15-16(11-18(17)25-21)26-27-20(15)13-4-6-23-7-5-13/h1-8,10-11H,9H2,(H,24,25)(H,26,27). The maximum Gasteiger partial charge on any atom is 0.202 e. The number of nitrogens with zero attached hydrogens (tertiary/aromatic N) is 3. The summed E-state index contributed by atoms with van der Waals surface area (Å²) in [5.41, 5.74) is 5.03. The number of hydrogen-bond acceptors (Lipinski definition) is 4. The molecule has 0 radical (unpaired) electrons. The SMILES string of the molecule is O=C(Cc1cccc(Cl)c1)c1nc2cc3c(-c4ccncc4)n[nH]c3cc2[nH]1. The van der Waals surface area contributed by atoms with Crippen LogP contribution in [0.4, 0.5) is 0 Å². The van der Waals surface area contributed by atoms with Gasteiger partial charge in [-0.05, 0) is 42.0 Å². The van der Waals surface area contributed by atoms with Crippen molar-refractivity contribution in [1.82, 2.24) is 25.1 Å². The third-order valence-electron chi connectivity index (χ3n) is 4.64. The number of H-pyrrole nitrogens is 2. The number of fused-ring (bicyclic) bond motifs is 2. The van der Waals surface area contributed by atoms with Gasteiger partial charge in [0.15, 0.2) is 5.82 Å². The monoisotopic (exact) mass is 387 g/mol. The van der Waals surface area contributed by atoms with Gasteiger partial charge in [0, 0.05) is 34.8 Å². The van der Waals surface area contributed by atoms with Crippen LogP contribution in [-0.4, -0.2) is 30.9 Å². The Balaban J connectivity index is 1.53. The van der Waals surface area contributed by atoms with Crippen LogP contribution in [0.1, 0.15) is 16.2 Å². The van der Waals surface area contributed by atoms with E-state index in [9.17, 15) is 4.79 Å². The largest absolute Gasteiger partial charge is 0.335 e. The van der Waals surface area contributed by atoms with Crippen LogP contribution in [0.25, 0.3) is 33.2 Å². The number of ketones is 1. The van der Waals surface area contributed by atoms with E-state index in [0.29, 0.717) is 10.8 Å². The molecule has 0 aliphatic rings. The lowest BCUT2D eigenvalue weighted by molar-refractivity contribution is 0.0984. The topological polar surface area (TPSA) is 87.3 Å². The van der Waals surface area contributed by atoms with Crippen molar-refractivity contribution < 1.29 is 4.79 Å². The van der Waals surface area contributed by atoms with E-state index in [2.05, 4.69) is 25.1 Å². The summed E-state index contributed by atoms with van der Waals surface area (Å²) in [7, 11) is 0. The quantitative estimate of drug-likeness (QED) is 0.442. The Kier molecular flexibility index (Phi) is 3.91. The third kappa shape index (κ3) is 2.93. The van der Waals surface area contributed by atoms with Crippen molar-refractivity contribution in [3.63, 3.8) is 0 Å². The lowest BCUT2D eigenvalue weighted by Crippen LogP contribution is -2.05. The molecule has 0 fully saturated rings. The molecule has 0 aliphatic carbocycles. The number of hydrogen-bond donors (Lipinski definition) is 2. The van der Waals surface area contributed by atoms with Gasteiger partial charge in [-0.3, -0.25) is 14.9 Å². The number of Topliss-reactive ketones (excluding diaryl/α,β-unsaturated/α-hetero) is 1. The highest BCUT2D eigenvalue weighted by Crippen LogP contribution is 2.29. The smallest absolute Gasteiger partial charge is 0.202 e. The molecule has 0 unspecified atom stereocenters. The van der Waals surface area contributed by atoms with Crippen LogP contribution in [-0.2, 0) is 6.42 Å². The highest BCUT2D eigenvalue weighted by atomic mass is 35.5. The predicted molar refractivity (Wildman–Crippen MR) is 108 cm³/mol. The highest BCUT2D eigenvalue weighted by Gasteiger charge is 2.15. The summed E-state index contributed by atoms with van der Waals surface area (Å²) in [5.74, 6) is 0.246. The highest BCUT2D eigenvalue weighted by molar-refractivity contribution is 6.30. The fourth-order valence-corrected chi connectivity index (χ4v) is 3.51. The number of carbonyl (C=O) groups is 1. The maximum absolute atomic E-state index is 12.7. The van der Waals surface area contributed by atoms with Crippen molar-refractivity contribution >= 4 is 39.3 Å². The molecule has 2 N–H and O–H groups in total. The van der Waals surface area contributed by atoms with Crippen LogP contribution in [0.2, 0.25) is 5.02 Å². The van der Waals surface area contributed by atoms with Gasteiger partial charge in [0.25, 0.3) is 0 Å². The minimum Gasteiger partial charge on any atom is -0.335 e. The number of pyridine rings is 1. The molecular formula is C21H14ClN5O. The molecule has 28 heavy (non-hydrogen) atoms. The molecule has 136 valence electrons. The molecule has 0 bridgehead atoms. The number of rotatable bonds is 4. The molecule has 5 rings (SSSR count). The number of benzene rings is 2. The molecule has 0 saturated carbocycles. The molecule has 0 amide bonds. The first-order chi connectivity index (χ1) is 13.7. The normalized spacial score (nSPS) is 11.3. The second-order valence-corrected chi connectivity index (χ2v) is 6.97. The average Bonchev–Trinajstić information content (AvgIpc) is 3.30. The lowest BCUT2D eigenvalue weighted by atomic mass is 10.1. The molecule has 7 heteroatoms. The molecule has 0 atom stereocenters. The molecule has 0 aliphatic heterocycles. The van der Waals surface area contributed by atoms with Gasteiger partial charge < -0.3 is 4.98 Å². The number of imidazole rings is 1. The molecule has 3 aromatic heterocycles. The summed E-state index contributed by atoms with van der Waals surface area (Å²) in [5, 5.41) is 9.02. The zero-order valence-electron chi connectivity index (χ0n) is 14.6. The first-order valence-corrected chi connectivity index (χ1v) is 9.11. The van der Waals surface area contributed by atoms with E-state index in [4.69, 9.17) is 11.6 Å². The van der Waals surface area contributed by atoms with Gasteiger partial charge in [-0.2, -0.15) is 5.10 Å². The van der Waals surface area contributed by atoms with Gasteiger partial charge in [0.2, 0.25) is 5.78 Å². The minimum absolute atomic E-state index is 0.0883. The number of aromatic nitrogens is 5. The van der Waals surface area contributed by atoms with Crippen molar-refractivity contribution in [2.45, 2.75) is 6.42 Å². The number of aromatic amines is 2. The Morgan fingerprint density at radius 2 is 1.89 bits per heavy atom. The van der Waals surface area contributed by atoms with Gasteiger partial charge in [-0.25, -0.2) is 4.98 Å². The van der Waals surface area contributed by atoms with Gasteiger partial charge in [0.05, 0.1) is 16.6 Å². The Hall–Kier alpha value is -3.51. The van der Waals surface area contributed by atoms with Crippen LogP contribution in [0.3, 0.4) is 0 Å². The van der Waals surface area contributed by atoms with E-state index in [0.717, 1.165) is 38.8 Å². The summed E-state index contributed by atoms with van der Waals surface area (Å²) in [6.07, 6.45) is 3.70.